The summed E-state index contributed by atoms with van der Waals surface area (Å²) in [6, 6.07) is -0.110. The maximum Gasteiger partial charge on any atom is 0.410 e. The van der Waals surface area contributed by atoms with E-state index < -0.39 is 12.2 Å². The lowest BCUT2D eigenvalue weighted by Gasteiger charge is -2.34. The van der Waals surface area contributed by atoms with E-state index in [9.17, 15) is 19.2 Å². The minimum absolute atomic E-state index is 0.0552. The molecule has 0 aromatic carbocycles. The lowest BCUT2D eigenvalue weighted by Crippen LogP contribution is -2.48. The van der Waals surface area contributed by atoms with E-state index in [1.807, 2.05) is 0 Å². The van der Waals surface area contributed by atoms with E-state index in [1.165, 1.54) is 38.5 Å². The molecule has 52 heavy (non-hydrogen) atoms. The molecule has 14 nitrogen and oxygen atoms in total. The number of piperidine rings is 2. The van der Waals surface area contributed by atoms with Gasteiger partial charge in [-0.1, -0.05) is 38.5 Å². The average Bonchev–Trinajstić information content (AvgIpc) is 3.16. The molecule has 3 saturated carbocycles. The van der Waals surface area contributed by atoms with E-state index in [4.69, 9.17) is 30.4 Å². The Morgan fingerprint density at radius 1 is 0.462 bits per heavy atom. The third-order valence-corrected chi connectivity index (χ3v) is 12.1. The first kappa shape index (κ1) is 40.2. The SMILES string of the molecule is NCC(NC(=O)OC1CCN(C(=O)O[C@H]2CCC[C@H](OC(=O)N3CCC(OC(=O)NC(CN)C4CCCCC4)CC3)CCC2)CC1)C1CCCCC1. The fourth-order valence-corrected chi connectivity index (χ4v) is 8.90. The summed E-state index contributed by atoms with van der Waals surface area (Å²) in [5.74, 6) is 0.824. The number of rotatable bonds is 10. The molecule has 4 amide bonds. The van der Waals surface area contributed by atoms with Crippen molar-refractivity contribution in [3.05, 3.63) is 0 Å². The minimum atomic E-state index is -0.415. The van der Waals surface area contributed by atoms with Gasteiger partial charge >= 0.3 is 24.4 Å². The van der Waals surface area contributed by atoms with Crippen LogP contribution in [0.1, 0.15) is 128 Å². The largest absolute Gasteiger partial charge is 0.446 e. The molecule has 0 bridgehead atoms. The van der Waals surface area contributed by atoms with E-state index in [1.54, 1.807) is 9.80 Å². The van der Waals surface area contributed by atoms with Crippen LogP contribution in [0.15, 0.2) is 0 Å². The zero-order valence-electron chi connectivity index (χ0n) is 31.3. The van der Waals surface area contributed by atoms with Gasteiger partial charge in [-0.05, 0) is 76.0 Å². The molecule has 2 heterocycles. The Labute approximate surface area is 310 Å². The topological polar surface area (TPSA) is 188 Å². The molecule has 6 N–H and O–H groups in total. The smallest absolute Gasteiger partial charge is 0.410 e. The Bertz CT molecular complexity index is 1020. The number of hydrogen-bond donors (Lipinski definition) is 4. The Balaban J connectivity index is 0.926. The summed E-state index contributed by atoms with van der Waals surface area (Å²) in [4.78, 5) is 54.6. The molecule has 2 aliphatic heterocycles. The van der Waals surface area contributed by atoms with Gasteiger partial charge in [-0.2, -0.15) is 0 Å². The van der Waals surface area contributed by atoms with Crippen LogP contribution < -0.4 is 22.1 Å². The first-order valence-corrected chi connectivity index (χ1v) is 20.6. The second kappa shape index (κ2) is 21.0. The molecule has 5 fully saturated rings. The number of nitrogens with zero attached hydrogens (tertiary/aromatic N) is 2. The van der Waals surface area contributed by atoms with Crippen molar-refractivity contribution in [1.29, 1.82) is 0 Å². The molecule has 5 rings (SSSR count). The number of amides is 4. The lowest BCUT2D eigenvalue weighted by molar-refractivity contribution is 0.00900. The number of likely N-dealkylation sites (tertiary alicyclic amines) is 2. The van der Waals surface area contributed by atoms with Crippen LogP contribution in [0.4, 0.5) is 19.2 Å². The summed E-state index contributed by atoms with van der Waals surface area (Å²) in [6.07, 6.45) is 16.1. The van der Waals surface area contributed by atoms with Gasteiger partial charge in [-0.3, -0.25) is 0 Å². The van der Waals surface area contributed by atoms with Crippen LogP contribution in [-0.2, 0) is 18.9 Å². The Morgan fingerprint density at radius 2 is 0.788 bits per heavy atom. The first-order valence-electron chi connectivity index (χ1n) is 20.6. The molecule has 14 heteroatoms. The number of nitrogens with one attached hydrogen (secondary N) is 2. The van der Waals surface area contributed by atoms with Crippen LogP contribution in [0.3, 0.4) is 0 Å². The van der Waals surface area contributed by atoms with Crippen LogP contribution in [0.25, 0.3) is 0 Å². The van der Waals surface area contributed by atoms with Crippen LogP contribution in [-0.4, -0.2) is 110 Å². The Kier molecular flexibility index (Phi) is 16.3. The highest BCUT2D eigenvalue weighted by atomic mass is 16.6. The highest BCUT2D eigenvalue weighted by Crippen LogP contribution is 2.28. The zero-order chi connectivity index (χ0) is 36.7. The minimum Gasteiger partial charge on any atom is -0.446 e. The Morgan fingerprint density at radius 3 is 1.12 bits per heavy atom. The summed E-state index contributed by atoms with van der Waals surface area (Å²) in [5, 5.41) is 5.99. The van der Waals surface area contributed by atoms with E-state index in [-0.39, 0.29) is 48.7 Å². The number of carbonyl (C=O) groups is 4. The van der Waals surface area contributed by atoms with Gasteiger partial charge in [0.15, 0.2) is 0 Å². The van der Waals surface area contributed by atoms with Crippen molar-refractivity contribution in [2.75, 3.05) is 39.3 Å². The number of hydrogen-bond acceptors (Lipinski definition) is 10. The maximum atomic E-state index is 13.0. The molecule has 0 aromatic heterocycles. The number of nitrogens with two attached hydrogens (primary N) is 2. The quantitative estimate of drug-likeness (QED) is 0.207. The normalized spacial score (nSPS) is 25.9. The van der Waals surface area contributed by atoms with Crippen LogP contribution in [0.2, 0.25) is 0 Å². The zero-order valence-corrected chi connectivity index (χ0v) is 31.3. The van der Waals surface area contributed by atoms with Gasteiger partial charge in [-0.25, -0.2) is 19.2 Å². The van der Waals surface area contributed by atoms with Gasteiger partial charge in [-0.15, -0.1) is 0 Å². The molecule has 296 valence electrons. The van der Waals surface area contributed by atoms with Crippen molar-refractivity contribution < 1.29 is 38.1 Å². The fraction of sp³-hybridized carbons (Fsp3) is 0.895. The molecular formula is C38H66N6O8. The molecule has 3 aliphatic carbocycles. The van der Waals surface area contributed by atoms with Crippen molar-refractivity contribution in [2.45, 2.75) is 165 Å². The molecule has 0 spiro atoms. The molecule has 5 aliphatic rings. The Hall–Kier alpha value is -3.00. The second-order valence-corrected chi connectivity index (χ2v) is 15.8. The molecular weight excluding hydrogens is 668 g/mol. The monoisotopic (exact) mass is 734 g/mol. The molecule has 2 atom stereocenters. The van der Waals surface area contributed by atoms with Crippen molar-refractivity contribution in [3.63, 3.8) is 0 Å². The lowest BCUT2D eigenvalue weighted by atomic mass is 9.84. The molecule has 2 unspecified atom stereocenters. The van der Waals surface area contributed by atoms with Crippen molar-refractivity contribution >= 4 is 24.4 Å². The van der Waals surface area contributed by atoms with Crippen LogP contribution >= 0.6 is 0 Å². The third-order valence-electron chi connectivity index (χ3n) is 12.1. The van der Waals surface area contributed by atoms with Gasteiger partial charge in [0, 0.05) is 77.0 Å². The van der Waals surface area contributed by atoms with Gasteiger partial charge in [0.1, 0.15) is 24.4 Å². The predicted octanol–water partition coefficient (Wildman–Crippen LogP) is 5.55. The van der Waals surface area contributed by atoms with Crippen molar-refractivity contribution in [2.24, 2.45) is 23.3 Å². The second-order valence-electron chi connectivity index (χ2n) is 15.8. The van der Waals surface area contributed by atoms with Gasteiger partial charge < -0.3 is 50.8 Å². The predicted molar refractivity (Wildman–Crippen MR) is 195 cm³/mol. The molecule has 0 radical (unpaired) electrons. The van der Waals surface area contributed by atoms with Crippen molar-refractivity contribution in [1.82, 2.24) is 20.4 Å². The van der Waals surface area contributed by atoms with Gasteiger partial charge in [0.25, 0.3) is 0 Å². The summed E-state index contributed by atoms with van der Waals surface area (Å²) < 4.78 is 23.2. The van der Waals surface area contributed by atoms with Gasteiger partial charge in [0.05, 0.1) is 0 Å². The summed E-state index contributed by atoms with van der Waals surface area (Å²) in [6.45, 7) is 2.75. The van der Waals surface area contributed by atoms with E-state index >= 15 is 0 Å². The third kappa shape index (κ3) is 12.6. The van der Waals surface area contributed by atoms with E-state index in [2.05, 4.69) is 10.6 Å². The highest BCUT2D eigenvalue weighted by molar-refractivity contribution is 5.70. The number of ether oxygens (including phenoxy) is 4. The summed E-state index contributed by atoms with van der Waals surface area (Å²) in [7, 11) is 0. The van der Waals surface area contributed by atoms with E-state index in [0.717, 1.165) is 64.2 Å². The van der Waals surface area contributed by atoms with Crippen LogP contribution in [0.5, 0.6) is 0 Å². The molecule has 0 aromatic rings. The highest BCUT2D eigenvalue weighted by Gasteiger charge is 2.32. The summed E-state index contributed by atoms with van der Waals surface area (Å²) >= 11 is 0. The first-order chi connectivity index (χ1) is 25.3. The van der Waals surface area contributed by atoms with E-state index in [0.29, 0.717) is 76.8 Å². The standard InChI is InChI=1S/C38H66N6O8/c39-25-33(27-9-3-1-4-10-27)41-35(45)49-31-17-21-43(22-18-31)37(47)51-29-13-7-15-30(16-8-14-29)52-38(48)44-23-19-32(20-24-44)50-36(46)42-34(26-40)28-11-5-2-6-12-28/h27-34H,1-26,39-40H2,(H,41,45)(H,42,46)/t29-,30-,33?,34?. The fourth-order valence-electron chi connectivity index (χ4n) is 8.90. The number of alkyl carbamates (subject to hydrolysis) is 2. The summed E-state index contributed by atoms with van der Waals surface area (Å²) in [5.41, 5.74) is 11.9. The average molecular weight is 735 g/mol. The molecule has 2 saturated heterocycles. The maximum absolute atomic E-state index is 13.0. The number of carbonyl (C=O) groups excluding carboxylic acids is 4. The van der Waals surface area contributed by atoms with Crippen molar-refractivity contribution in [3.8, 4) is 0 Å². The van der Waals surface area contributed by atoms with Gasteiger partial charge in [0.2, 0.25) is 0 Å². The van der Waals surface area contributed by atoms with Crippen LogP contribution in [0, 0.1) is 11.8 Å².